The van der Waals surface area contributed by atoms with Crippen LogP contribution in [0.3, 0.4) is 0 Å². The molecule has 17 atom stereocenters. The summed E-state index contributed by atoms with van der Waals surface area (Å²) in [5.74, 6) is -0.282. The van der Waals surface area contributed by atoms with Gasteiger partial charge in [-0.2, -0.15) is 0 Å². The van der Waals surface area contributed by atoms with Crippen molar-refractivity contribution in [1.29, 1.82) is 0 Å². The fourth-order valence-corrected chi connectivity index (χ4v) is 15.3. The molecule has 0 saturated carbocycles. The second kappa shape index (κ2) is 68.4. The lowest BCUT2D eigenvalue weighted by Crippen LogP contribution is -2.66. The van der Waals surface area contributed by atoms with Gasteiger partial charge >= 0.3 is 0 Å². The highest BCUT2D eigenvalue weighted by Gasteiger charge is 2.54. The average molecular weight is 1530 g/mol. The molecular formula is C88H165NO18. The number of unbranched alkanes of at least 4 members (excludes halogenated alkanes) is 53. The first-order valence-corrected chi connectivity index (χ1v) is 44.7. The number of nitrogens with one attached hydrogen (secondary N) is 1. The molecule has 3 aliphatic heterocycles. The Morgan fingerprint density at radius 2 is 0.598 bits per heavy atom. The Morgan fingerprint density at radius 3 is 0.935 bits per heavy atom. The van der Waals surface area contributed by atoms with E-state index in [0.717, 1.165) is 44.9 Å². The standard InChI is InChI=1S/C88H165NO18/c1-3-5-7-9-11-13-15-17-19-21-23-25-27-28-29-30-31-32-33-34-35-36-37-38-39-40-41-42-43-44-46-48-50-52-54-56-58-60-62-64-66-76(94)89-71(72(93)65-63-61-59-57-55-53-51-49-47-45-26-24-22-20-18-16-14-12-10-8-6-4-2)70-102-86-82(100)79(97)84(74(68-91)104-86)107-88-83(101)80(98)85(75(69-92)105-88)106-87-81(99)78(96)77(95)73(67-90)103-87/h47,49,55,57,63,65,71-75,77-88,90-93,95-101H,3-46,48,50-54,56,58-62,64,66-70H2,1-2H3,(H,89,94)/b49-47+,57-55+,65-63+. The third kappa shape index (κ3) is 47.5. The first-order valence-electron chi connectivity index (χ1n) is 44.7. The molecule has 3 heterocycles. The lowest BCUT2D eigenvalue weighted by Gasteiger charge is -2.48. The number of amides is 1. The Morgan fingerprint density at radius 1 is 0.327 bits per heavy atom. The lowest BCUT2D eigenvalue weighted by molar-refractivity contribution is -0.379. The van der Waals surface area contributed by atoms with E-state index in [1.807, 2.05) is 6.08 Å². The van der Waals surface area contributed by atoms with E-state index in [1.165, 1.54) is 308 Å². The molecule has 3 fully saturated rings. The van der Waals surface area contributed by atoms with Crippen LogP contribution in [0.1, 0.15) is 386 Å². The maximum absolute atomic E-state index is 13.5. The predicted molar refractivity (Wildman–Crippen MR) is 429 cm³/mol. The molecule has 630 valence electrons. The van der Waals surface area contributed by atoms with Crippen molar-refractivity contribution in [2.45, 2.75) is 491 Å². The summed E-state index contributed by atoms with van der Waals surface area (Å²) < 4.78 is 34.5. The summed E-state index contributed by atoms with van der Waals surface area (Å²) in [5, 5.41) is 121. The first-order chi connectivity index (χ1) is 52.3. The van der Waals surface area contributed by atoms with E-state index < -0.39 is 124 Å². The number of hydrogen-bond donors (Lipinski definition) is 12. The van der Waals surface area contributed by atoms with Gasteiger partial charge in [-0.15, -0.1) is 0 Å². The molecule has 17 unspecified atom stereocenters. The van der Waals surface area contributed by atoms with Crippen LogP contribution in [0.15, 0.2) is 36.5 Å². The SMILES string of the molecule is CCCCCCCCCCCCCC/C=C/CC/C=C/CC/C=C/C(O)C(COC1OC(CO)C(OC2OC(CO)C(OC3OC(CO)C(O)C(O)C3O)C(O)C2O)C(O)C1O)NC(=O)CCCCCCCCCCCCCCCCCCCCCCCCCCCCCCCCCCCCCCCCCC. The van der Waals surface area contributed by atoms with Gasteiger partial charge in [-0.1, -0.05) is 371 Å². The zero-order chi connectivity index (χ0) is 77.4. The van der Waals surface area contributed by atoms with Crippen LogP contribution in [0, 0.1) is 0 Å². The van der Waals surface area contributed by atoms with Gasteiger partial charge in [-0.25, -0.2) is 0 Å². The molecular weight excluding hydrogens is 1360 g/mol. The second-order valence-electron chi connectivity index (χ2n) is 32.1. The number of carbonyl (C=O) groups is 1. The van der Waals surface area contributed by atoms with Crippen molar-refractivity contribution < 1.29 is 89.4 Å². The molecule has 0 radical (unpaired) electrons. The van der Waals surface area contributed by atoms with Crippen LogP contribution in [-0.4, -0.2) is 193 Å². The highest BCUT2D eigenvalue weighted by molar-refractivity contribution is 5.76. The van der Waals surface area contributed by atoms with Crippen LogP contribution in [-0.2, 0) is 33.2 Å². The van der Waals surface area contributed by atoms with Gasteiger partial charge in [0.2, 0.25) is 5.91 Å². The summed E-state index contributed by atoms with van der Waals surface area (Å²) in [4.78, 5) is 13.5. The maximum atomic E-state index is 13.5. The molecule has 3 aliphatic rings. The van der Waals surface area contributed by atoms with Crippen molar-refractivity contribution in [3.63, 3.8) is 0 Å². The van der Waals surface area contributed by atoms with E-state index in [1.54, 1.807) is 6.08 Å². The molecule has 19 nitrogen and oxygen atoms in total. The van der Waals surface area contributed by atoms with Gasteiger partial charge in [0.25, 0.3) is 0 Å². The van der Waals surface area contributed by atoms with Crippen LogP contribution < -0.4 is 5.32 Å². The van der Waals surface area contributed by atoms with E-state index in [-0.39, 0.29) is 18.9 Å². The smallest absolute Gasteiger partial charge is 0.220 e. The van der Waals surface area contributed by atoms with Crippen molar-refractivity contribution in [3.05, 3.63) is 36.5 Å². The Kier molecular flexibility index (Phi) is 63.4. The topological polar surface area (TPSA) is 307 Å². The van der Waals surface area contributed by atoms with Crippen molar-refractivity contribution >= 4 is 5.91 Å². The van der Waals surface area contributed by atoms with Crippen LogP contribution in [0.25, 0.3) is 0 Å². The molecule has 12 N–H and O–H groups in total. The Hall–Kier alpha value is -1.99. The third-order valence-corrected chi connectivity index (χ3v) is 22.4. The molecule has 19 heteroatoms. The predicted octanol–water partition coefficient (Wildman–Crippen LogP) is 16.6. The quantitative estimate of drug-likeness (QED) is 0.0199. The zero-order valence-electron chi connectivity index (χ0n) is 67.9. The van der Waals surface area contributed by atoms with Gasteiger partial charge in [-0.3, -0.25) is 4.79 Å². The molecule has 3 rings (SSSR count). The summed E-state index contributed by atoms with van der Waals surface area (Å²) in [6.45, 7) is 1.77. The van der Waals surface area contributed by atoms with Crippen molar-refractivity contribution in [2.75, 3.05) is 26.4 Å². The number of carbonyl (C=O) groups excluding carboxylic acids is 1. The van der Waals surface area contributed by atoms with E-state index in [2.05, 4.69) is 43.5 Å². The molecule has 0 bridgehead atoms. The van der Waals surface area contributed by atoms with Crippen LogP contribution in [0.4, 0.5) is 0 Å². The number of aliphatic hydroxyl groups is 11. The lowest BCUT2D eigenvalue weighted by atomic mass is 9.96. The van der Waals surface area contributed by atoms with E-state index >= 15 is 0 Å². The Bertz CT molecular complexity index is 2070. The van der Waals surface area contributed by atoms with Gasteiger partial charge in [0.05, 0.1) is 38.6 Å². The van der Waals surface area contributed by atoms with Gasteiger partial charge in [-0.05, 0) is 44.9 Å². The van der Waals surface area contributed by atoms with Crippen LogP contribution in [0.5, 0.6) is 0 Å². The number of hydrogen-bond acceptors (Lipinski definition) is 18. The summed E-state index contributed by atoms with van der Waals surface area (Å²) in [5.41, 5.74) is 0. The number of aliphatic hydroxyl groups excluding tert-OH is 11. The summed E-state index contributed by atoms with van der Waals surface area (Å²) in [7, 11) is 0. The first kappa shape index (κ1) is 99.2. The van der Waals surface area contributed by atoms with Gasteiger partial charge in [0.15, 0.2) is 18.9 Å². The summed E-state index contributed by atoms with van der Waals surface area (Å²) >= 11 is 0. The monoisotopic (exact) mass is 1520 g/mol. The molecule has 107 heavy (non-hydrogen) atoms. The number of allylic oxidation sites excluding steroid dienone is 5. The molecule has 0 spiro atoms. The molecule has 0 aromatic rings. The van der Waals surface area contributed by atoms with Gasteiger partial charge in [0, 0.05) is 6.42 Å². The Balaban J connectivity index is 1.30. The average Bonchev–Trinajstić information content (AvgIpc) is 0.780. The summed E-state index contributed by atoms with van der Waals surface area (Å²) in [6, 6.07) is -0.996. The molecule has 1 amide bonds. The van der Waals surface area contributed by atoms with Gasteiger partial charge < -0.3 is 89.9 Å². The zero-order valence-corrected chi connectivity index (χ0v) is 67.9. The number of ether oxygens (including phenoxy) is 6. The third-order valence-electron chi connectivity index (χ3n) is 22.4. The number of rotatable bonds is 73. The highest BCUT2D eigenvalue weighted by atomic mass is 16.8. The molecule has 0 aromatic heterocycles. The van der Waals surface area contributed by atoms with Gasteiger partial charge in [0.1, 0.15) is 73.2 Å². The van der Waals surface area contributed by atoms with Crippen LogP contribution >= 0.6 is 0 Å². The van der Waals surface area contributed by atoms with Crippen LogP contribution in [0.2, 0.25) is 0 Å². The minimum absolute atomic E-state index is 0.237. The molecule has 0 aliphatic carbocycles. The van der Waals surface area contributed by atoms with E-state index in [4.69, 9.17) is 28.4 Å². The highest BCUT2D eigenvalue weighted by Crippen LogP contribution is 2.34. The van der Waals surface area contributed by atoms with E-state index in [0.29, 0.717) is 12.8 Å². The fourth-order valence-electron chi connectivity index (χ4n) is 15.3. The van der Waals surface area contributed by atoms with Crippen molar-refractivity contribution in [2.24, 2.45) is 0 Å². The molecule has 3 saturated heterocycles. The van der Waals surface area contributed by atoms with Crippen molar-refractivity contribution in [3.8, 4) is 0 Å². The fraction of sp³-hybridized carbons (Fsp3) is 0.920. The maximum Gasteiger partial charge on any atom is 0.220 e. The van der Waals surface area contributed by atoms with E-state index in [9.17, 15) is 61.0 Å². The molecule has 0 aromatic carbocycles. The summed E-state index contributed by atoms with van der Waals surface area (Å²) in [6.07, 6.45) is 60.4. The minimum atomic E-state index is -1.98. The van der Waals surface area contributed by atoms with Crippen molar-refractivity contribution in [1.82, 2.24) is 5.32 Å². The minimum Gasteiger partial charge on any atom is -0.394 e. The second-order valence-corrected chi connectivity index (χ2v) is 32.1. The normalized spacial score (nSPS) is 25.6. The Labute approximate surface area is 651 Å². The largest absolute Gasteiger partial charge is 0.394 e.